The van der Waals surface area contributed by atoms with Gasteiger partial charge in [-0.05, 0) is 32.0 Å². The molecule has 2 aromatic rings. The quantitative estimate of drug-likeness (QED) is 0.846. The Morgan fingerprint density at radius 2 is 1.95 bits per heavy atom. The number of benzene rings is 1. The molecule has 1 aromatic carbocycles. The van der Waals surface area contributed by atoms with Crippen molar-refractivity contribution in [1.29, 1.82) is 0 Å². The van der Waals surface area contributed by atoms with Crippen LogP contribution in [0.2, 0.25) is 0 Å². The predicted molar refractivity (Wildman–Crippen MR) is 93.8 cm³/mol. The molecule has 0 bridgehead atoms. The normalized spacial score (nSPS) is 10.5. The molecule has 0 amide bonds. The van der Waals surface area contributed by atoms with Crippen molar-refractivity contribution in [2.75, 3.05) is 42.3 Å². The van der Waals surface area contributed by atoms with Crippen molar-refractivity contribution in [3.63, 3.8) is 0 Å². The van der Waals surface area contributed by atoms with E-state index in [4.69, 9.17) is 0 Å². The predicted octanol–water partition coefficient (Wildman–Crippen LogP) is 3.67. The number of nitrogens with zero attached hydrogens (tertiary/aromatic N) is 3. The molecular formula is C16H24N4S. The van der Waals surface area contributed by atoms with Crippen molar-refractivity contribution < 1.29 is 0 Å². The van der Waals surface area contributed by atoms with Crippen molar-refractivity contribution in [2.45, 2.75) is 20.4 Å². The molecule has 0 fully saturated rings. The topological polar surface area (TPSA) is 31.4 Å². The Morgan fingerprint density at radius 3 is 2.62 bits per heavy atom. The van der Waals surface area contributed by atoms with Gasteiger partial charge in [0.25, 0.3) is 0 Å². The number of thiazole rings is 1. The van der Waals surface area contributed by atoms with Gasteiger partial charge >= 0.3 is 0 Å². The van der Waals surface area contributed by atoms with E-state index >= 15 is 0 Å². The number of hydrogen-bond acceptors (Lipinski definition) is 5. The van der Waals surface area contributed by atoms with E-state index in [0.717, 1.165) is 30.5 Å². The van der Waals surface area contributed by atoms with Gasteiger partial charge < -0.3 is 15.1 Å². The number of aromatic nitrogens is 1. The van der Waals surface area contributed by atoms with Gasteiger partial charge in [-0.3, -0.25) is 0 Å². The Bertz CT molecular complexity index is 561. The van der Waals surface area contributed by atoms with Gasteiger partial charge in [0.05, 0.1) is 6.54 Å². The minimum Gasteiger partial charge on any atom is -0.380 e. The lowest BCUT2D eigenvalue weighted by atomic mass is 10.2. The second-order valence-electron chi connectivity index (χ2n) is 5.08. The maximum atomic E-state index is 4.51. The summed E-state index contributed by atoms with van der Waals surface area (Å²) in [5, 5.41) is 4.58. The molecule has 0 aliphatic carbocycles. The Kier molecular flexibility index (Phi) is 5.44. The number of rotatable bonds is 7. The van der Waals surface area contributed by atoms with Crippen LogP contribution < -0.4 is 15.1 Å². The van der Waals surface area contributed by atoms with Crippen molar-refractivity contribution in [3.05, 3.63) is 35.3 Å². The van der Waals surface area contributed by atoms with Gasteiger partial charge in [0.15, 0.2) is 5.13 Å². The highest BCUT2D eigenvalue weighted by Gasteiger charge is 2.07. The Balaban J connectivity index is 1.98. The molecule has 4 nitrogen and oxygen atoms in total. The first-order chi connectivity index (χ1) is 10.1. The fourth-order valence-corrected chi connectivity index (χ4v) is 3.08. The molecule has 1 aromatic heterocycles. The molecule has 0 saturated carbocycles. The SMILES string of the molecule is CCN(CC)c1ncc(CNc2cccc(N(C)C)c2)s1. The molecule has 0 spiro atoms. The minimum absolute atomic E-state index is 0.815. The lowest BCUT2D eigenvalue weighted by molar-refractivity contribution is 0.860. The third-order valence-corrected chi connectivity index (χ3v) is 4.46. The third kappa shape index (κ3) is 4.11. The second-order valence-corrected chi connectivity index (χ2v) is 6.17. The maximum absolute atomic E-state index is 4.51. The molecule has 5 heteroatoms. The molecule has 0 saturated heterocycles. The molecule has 0 radical (unpaired) electrons. The molecular weight excluding hydrogens is 280 g/mol. The summed E-state index contributed by atoms with van der Waals surface area (Å²) in [6.45, 7) is 7.14. The Labute approximate surface area is 131 Å². The van der Waals surface area contributed by atoms with E-state index in [2.05, 4.69) is 72.3 Å². The van der Waals surface area contributed by atoms with Crippen molar-refractivity contribution in [3.8, 4) is 0 Å². The molecule has 2 rings (SSSR count). The van der Waals surface area contributed by atoms with Crippen LogP contribution in [0.1, 0.15) is 18.7 Å². The van der Waals surface area contributed by atoms with Crippen LogP contribution in [0, 0.1) is 0 Å². The number of nitrogens with one attached hydrogen (secondary N) is 1. The molecule has 114 valence electrons. The first-order valence-corrected chi connectivity index (χ1v) is 8.16. The minimum atomic E-state index is 0.815. The highest BCUT2D eigenvalue weighted by Crippen LogP contribution is 2.24. The van der Waals surface area contributed by atoms with E-state index < -0.39 is 0 Å². The van der Waals surface area contributed by atoms with Crippen LogP contribution in [0.4, 0.5) is 16.5 Å². The fourth-order valence-electron chi connectivity index (χ4n) is 2.10. The molecule has 0 aliphatic heterocycles. The van der Waals surface area contributed by atoms with E-state index in [0.29, 0.717) is 0 Å². The molecule has 21 heavy (non-hydrogen) atoms. The molecule has 1 N–H and O–H groups in total. The highest BCUT2D eigenvalue weighted by molar-refractivity contribution is 7.15. The van der Waals surface area contributed by atoms with Crippen LogP contribution in [-0.4, -0.2) is 32.2 Å². The summed E-state index contributed by atoms with van der Waals surface area (Å²) in [5.41, 5.74) is 2.34. The van der Waals surface area contributed by atoms with E-state index in [9.17, 15) is 0 Å². The van der Waals surface area contributed by atoms with E-state index in [-0.39, 0.29) is 0 Å². The average molecular weight is 304 g/mol. The Morgan fingerprint density at radius 1 is 1.19 bits per heavy atom. The summed E-state index contributed by atoms with van der Waals surface area (Å²) < 4.78 is 0. The number of hydrogen-bond donors (Lipinski definition) is 1. The average Bonchev–Trinajstić information content (AvgIpc) is 2.95. The fraction of sp³-hybridized carbons (Fsp3) is 0.438. The maximum Gasteiger partial charge on any atom is 0.185 e. The summed E-state index contributed by atoms with van der Waals surface area (Å²) in [4.78, 5) is 10.2. The van der Waals surface area contributed by atoms with Gasteiger partial charge in [-0.2, -0.15) is 0 Å². The number of anilines is 3. The zero-order valence-electron chi connectivity index (χ0n) is 13.3. The van der Waals surface area contributed by atoms with E-state index in [1.807, 2.05) is 6.20 Å². The van der Waals surface area contributed by atoms with Gasteiger partial charge in [-0.15, -0.1) is 11.3 Å². The van der Waals surface area contributed by atoms with Crippen LogP contribution in [-0.2, 0) is 6.54 Å². The van der Waals surface area contributed by atoms with Crippen LogP contribution in [0.25, 0.3) is 0 Å². The highest BCUT2D eigenvalue weighted by atomic mass is 32.1. The lowest BCUT2D eigenvalue weighted by Gasteiger charge is -2.16. The third-order valence-electron chi connectivity index (χ3n) is 3.40. The van der Waals surface area contributed by atoms with Crippen molar-refractivity contribution in [1.82, 2.24) is 4.98 Å². The van der Waals surface area contributed by atoms with Crippen molar-refractivity contribution >= 4 is 27.8 Å². The van der Waals surface area contributed by atoms with Gasteiger partial charge in [-0.25, -0.2) is 4.98 Å². The second kappa shape index (κ2) is 7.31. The molecule has 0 atom stereocenters. The summed E-state index contributed by atoms with van der Waals surface area (Å²) in [5.74, 6) is 0. The Hall–Kier alpha value is -1.75. The zero-order valence-corrected chi connectivity index (χ0v) is 14.1. The summed E-state index contributed by atoms with van der Waals surface area (Å²) in [6, 6.07) is 8.44. The van der Waals surface area contributed by atoms with E-state index in [1.54, 1.807) is 11.3 Å². The van der Waals surface area contributed by atoms with Crippen LogP contribution in [0.5, 0.6) is 0 Å². The smallest absolute Gasteiger partial charge is 0.185 e. The summed E-state index contributed by atoms with van der Waals surface area (Å²) >= 11 is 1.76. The summed E-state index contributed by atoms with van der Waals surface area (Å²) in [6.07, 6.45) is 1.97. The van der Waals surface area contributed by atoms with E-state index in [1.165, 1.54) is 10.6 Å². The van der Waals surface area contributed by atoms with Gasteiger partial charge in [-0.1, -0.05) is 6.07 Å². The zero-order chi connectivity index (χ0) is 15.2. The van der Waals surface area contributed by atoms with Crippen LogP contribution in [0.3, 0.4) is 0 Å². The molecule has 0 unspecified atom stereocenters. The van der Waals surface area contributed by atoms with Crippen molar-refractivity contribution in [2.24, 2.45) is 0 Å². The molecule has 1 heterocycles. The van der Waals surface area contributed by atoms with Crippen LogP contribution >= 0.6 is 11.3 Å². The first-order valence-electron chi connectivity index (χ1n) is 7.35. The lowest BCUT2D eigenvalue weighted by Crippen LogP contribution is -2.21. The summed E-state index contributed by atoms with van der Waals surface area (Å²) in [7, 11) is 4.11. The monoisotopic (exact) mass is 304 g/mol. The standard InChI is InChI=1S/C16H24N4S/c1-5-20(6-2)16-18-12-15(21-16)11-17-13-8-7-9-14(10-13)19(3)4/h7-10,12,17H,5-6,11H2,1-4H3. The molecule has 0 aliphatic rings. The van der Waals surface area contributed by atoms with Gasteiger partial charge in [0.2, 0.25) is 0 Å². The van der Waals surface area contributed by atoms with Crippen LogP contribution in [0.15, 0.2) is 30.5 Å². The van der Waals surface area contributed by atoms with Gasteiger partial charge in [0, 0.05) is 49.6 Å². The van der Waals surface area contributed by atoms with Gasteiger partial charge in [0.1, 0.15) is 0 Å². The largest absolute Gasteiger partial charge is 0.380 e. The first kappa shape index (κ1) is 15.6.